The Labute approximate surface area is 151 Å². The van der Waals surface area contributed by atoms with Crippen LogP contribution in [0.3, 0.4) is 0 Å². The number of ether oxygens (including phenoxy) is 1. The molecule has 0 aliphatic heterocycles. The highest BCUT2D eigenvalue weighted by atomic mass is 16.6. The average Bonchev–Trinajstić information content (AvgIpc) is 3.14. The maximum Gasteiger partial charge on any atom is 0.348 e. The third-order valence-electron chi connectivity index (χ3n) is 4.05. The van der Waals surface area contributed by atoms with Crippen LogP contribution in [0.4, 0.5) is 0 Å². The van der Waals surface area contributed by atoms with Crippen LogP contribution in [0.1, 0.15) is 30.3 Å². The number of aryl methyl sites for hydroxylation is 1. The minimum absolute atomic E-state index is 0.117. The Balaban J connectivity index is 1.88. The van der Waals surface area contributed by atoms with E-state index in [1.54, 1.807) is 53.2 Å². The largest absolute Gasteiger partial charge is 0.455 e. The molecule has 0 spiro atoms. The first kappa shape index (κ1) is 17.8. The Bertz CT molecular complexity index is 810. The zero-order valence-electron chi connectivity index (χ0n) is 14.4. The van der Waals surface area contributed by atoms with Gasteiger partial charge >= 0.3 is 5.97 Å². The number of aromatic nitrogens is 4. The van der Waals surface area contributed by atoms with Crippen LogP contribution in [-0.4, -0.2) is 31.3 Å². The van der Waals surface area contributed by atoms with Crippen molar-refractivity contribution >= 4 is 5.97 Å². The van der Waals surface area contributed by atoms with E-state index in [-0.39, 0.29) is 6.61 Å². The molecule has 3 aromatic rings. The fraction of sp³-hybridized carbons (Fsp3) is 0.263. The minimum atomic E-state index is -1.91. The zero-order valence-corrected chi connectivity index (χ0v) is 14.4. The number of benzene rings is 2. The van der Waals surface area contributed by atoms with Gasteiger partial charge in [0.2, 0.25) is 5.60 Å². The SMILES string of the molecule is CCCn1nnnc1COC(=O)C(O)(c1ccccc1)c1ccccc1. The second-order valence-electron chi connectivity index (χ2n) is 5.84. The second-order valence-corrected chi connectivity index (χ2v) is 5.84. The number of tetrazole rings is 1. The molecule has 0 aliphatic rings. The lowest BCUT2D eigenvalue weighted by Gasteiger charge is -2.26. The Morgan fingerprint density at radius 2 is 1.65 bits per heavy atom. The molecule has 3 rings (SSSR count). The summed E-state index contributed by atoms with van der Waals surface area (Å²) in [5.74, 6) is -0.343. The average molecular weight is 352 g/mol. The maximum absolute atomic E-state index is 12.9. The molecule has 26 heavy (non-hydrogen) atoms. The number of nitrogens with zero attached hydrogens (tertiary/aromatic N) is 4. The summed E-state index contributed by atoms with van der Waals surface area (Å²) in [5, 5.41) is 22.6. The molecule has 7 nitrogen and oxygen atoms in total. The molecule has 1 N–H and O–H groups in total. The van der Waals surface area contributed by atoms with Gasteiger partial charge in [-0.15, -0.1) is 5.10 Å². The standard InChI is InChI=1S/C19H20N4O3/c1-2-13-23-17(20-21-22-23)14-26-18(24)19(25,15-9-5-3-6-10-15)16-11-7-4-8-12-16/h3-12,25H,2,13-14H2,1H3. The van der Waals surface area contributed by atoms with Crippen LogP contribution in [0.5, 0.6) is 0 Å². The Morgan fingerprint density at radius 1 is 1.08 bits per heavy atom. The number of carbonyl (C=O) groups excluding carboxylic acids is 1. The molecule has 134 valence electrons. The lowest BCUT2D eigenvalue weighted by Crippen LogP contribution is -2.38. The van der Waals surface area contributed by atoms with Crippen molar-refractivity contribution in [2.24, 2.45) is 0 Å². The predicted octanol–water partition coefficient (Wildman–Crippen LogP) is 2.06. The Morgan fingerprint density at radius 3 is 2.19 bits per heavy atom. The van der Waals surface area contributed by atoms with Crippen molar-refractivity contribution in [1.29, 1.82) is 0 Å². The summed E-state index contributed by atoms with van der Waals surface area (Å²) in [6, 6.07) is 17.4. The first-order valence-electron chi connectivity index (χ1n) is 8.42. The van der Waals surface area contributed by atoms with Crippen molar-refractivity contribution < 1.29 is 14.6 Å². The molecule has 0 aliphatic carbocycles. The summed E-state index contributed by atoms with van der Waals surface area (Å²) in [6.45, 7) is 2.51. The summed E-state index contributed by atoms with van der Waals surface area (Å²) < 4.78 is 6.98. The number of hydrogen-bond acceptors (Lipinski definition) is 6. The van der Waals surface area contributed by atoms with E-state index in [0.29, 0.717) is 23.5 Å². The van der Waals surface area contributed by atoms with Gasteiger partial charge < -0.3 is 9.84 Å². The van der Waals surface area contributed by atoms with Gasteiger partial charge in [0, 0.05) is 6.54 Å². The predicted molar refractivity (Wildman–Crippen MR) is 93.8 cm³/mol. The van der Waals surface area contributed by atoms with Gasteiger partial charge in [0.05, 0.1) is 0 Å². The third kappa shape index (κ3) is 3.48. The normalized spacial score (nSPS) is 11.3. The Kier molecular flexibility index (Phi) is 5.38. The van der Waals surface area contributed by atoms with Gasteiger partial charge in [-0.3, -0.25) is 0 Å². The van der Waals surface area contributed by atoms with E-state index < -0.39 is 11.6 Å². The molecule has 2 aromatic carbocycles. The summed E-state index contributed by atoms with van der Waals surface area (Å²) in [4.78, 5) is 12.9. The van der Waals surface area contributed by atoms with E-state index in [9.17, 15) is 9.90 Å². The van der Waals surface area contributed by atoms with Crippen molar-refractivity contribution in [2.45, 2.75) is 32.1 Å². The van der Waals surface area contributed by atoms with E-state index >= 15 is 0 Å². The number of rotatable bonds is 7. The molecule has 0 atom stereocenters. The number of aliphatic hydroxyl groups is 1. The summed E-state index contributed by atoms with van der Waals surface area (Å²) >= 11 is 0. The highest BCUT2D eigenvalue weighted by Gasteiger charge is 2.41. The van der Waals surface area contributed by atoms with Gasteiger partial charge in [-0.05, 0) is 28.0 Å². The smallest absolute Gasteiger partial charge is 0.348 e. The number of esters is 1. The minimum Gasteiger partial charge on any atom is -0.455 e. The van der Waals surface area contributed by atoms with Gasteiger partial charge in [0.25, 0.3) is 0 Å². The third-order valence-corrected chi connectivity index (χ3v) is 4.05. The van der Waals surface area contributed by atoms with Crippen molar-refractivity contribution in [3.8, 4) is 0 Å². The van der Waals surface area contributed by atoms with Crippen LogP contribution in [0, 0.1) is 0 Å². The van der Waals surface area contributed by atoms with E-state index in [0.717, 1.165) is 6.42 Å². The molecule has 0 amide bonds. The van der Waals surface area contributed by atoms with Gasteiger partial charge in [-0.25, -0.2) is 9.48 Å². The topological polar surface area (TPSA) is 90.1 Å². The fourth-order valence-electron chi connectivity index (χ4n) is 2.71. The van der Waals surface area contributed by atoms with Gasteiger partial charge in [-0.2, -0.15) is 0 Å². The first-order chi connectivity index (χ1) is 12.7. The quantitative estimate of drug-likeness (QED) is 0.655. The summed E-state index contributed by atoms with van der Waals surface area (Å²) in [5.41, 5.74) is -1.04. The highest BCUT2D eigenvalue weighted by molar-refractivity contribution is 5.85. The first-order valence-corrected chi connectivity index (χ1v) is 8.42. The maximum atomic E-state index is 12.9. The van der Waals surface area contributed by atoms with Gasteiger partial charge in [0.1, 0.15) is 0 Å². The molecule has 7 heteroatoms. The fourth-order valence-corrected chi connectivity index (χ4v) is 2.71. The van der Waals surface area contributed by atoms with E-state index in [1.165, 1.54) is 0 Å². The molecule has 0 fully saturated rings. The molecule has 0 bridgehead atoms. The van der Waals surface area contributed by atoms with Gasteiger partial charge in [0.15, 0.2) is 12.4 Å². The summed E-state index contributed by atoms with van der Waals surface area (Å²) in [6.07, 6.45) is 0.851. The van der Waals surface area contributed by atoms with E-state index in [1.807, 2.05) is 19.1 Å². The second kappa shape index (κ2) is 7.88. The Hall–Kier alpha value is -3.06. The van der Waals surface area contributed by atoms with Crippen molar-refractivity contribution in [3.05, 3.63) is 77.6 Å². The van der Waals surface area contributed by atoms with E-state index in [2.05, 4.69) is 15.5 Å². The van der Waals surface area contributed by atoms with Crippen LogP contribution in [0.25, 0.3) is 0 Å². The molecule has 0 radical (unpaired) electrons. The van der Waals surface area contributed by atoms with E-state index in [4.69, 9.17) is 4.74 Å². The lowest BCUT2D eigenvalue weighted by molar-refractivity contribution is -0.164. The lowest BCUT2D eigenvalue weighted by atomic mass is 9.86. The molecule has 1 heterocycles. The molecular weight excluding hydrogens is 332 g/mol. The highest BCUT2D eigenvalue weighted by Crippen LogP contribution is 2.31. The van der Waals surface area contributed by atoms with Gasteiger partial charge in [-0.1, -0.05) is 67.6 Å². The molecule has 0 saturated heterocycles. The molecule has 0 saturated carbocycles. The summed E-state index contributed by atoms with van der Waals surface area (Å²) in [7, 11) is 0. The van der Waals surface area contributed by atoms with Crippen LogP contribution in [0.2, 0.25) is 0 Å². The van der Waals surface area contributed by atoms with Crippen LogP contribution in [0.15, 0.2) is 60.7 Å². The number of hydrogen-bond donors (Lipinski definition) is 1. The van der Waals surface area contributed by atoms with Crippen LogP contribution >= 0.6 is 0 Å². The van der Waals surface area contributed by atoms with Crippen LogP contribution in [-0.2, 0) is 28.3 Å². The van der Waals surface area contributed by atoms with Crippen LogP contribution < -0.4 is 0 Å². The zero-order chi connectivity index (χ0) is 18.4. The molecular formula is C19H20N4O3. The molecule has 1 aromatic heterocycles. The van der Waals surface area contributed by atoms with Crippen molar-refractivity contribution in [2.75, 3.05) is 0 Å². The van der Waals surface area contributed by atoms with Crippen molar-refractivity contribution in [3.63, 3.8) is 0 Å². The number of carbonyl (C=O) groups is 1. The monoisotopic (exact) mass is 352 g/mol. The van der Waals surface area contributed by atoms with Crippen molar-refractivity contribution in [1.82, 2.24) is 20.2 Å². The molecule has 0 unspecified atom stereocenters.